The van der Waals surface area contributed by atoms with E-state index >= 15 is 0 Å². The van der Waals surface area contributed by atoms with Crippen LogP contribution in [0.15, 0.2) is 85.1 Å². The molecular formula is C27H19Cl2N3O. The van der Waals surface area contributed by atoms with Crippen LogP contribution in [0.5, 0.6) is 5.88 Å². The van der Waals surface area contributed by atoms with Crippen LogP contribution in [0.4, 0.5) is 0 Å². The largest absolute Gasteiger partial charge is 0.493 e. The smallest absolute Gasteiger partial charge is 0.220 e. The monoisotopic (exact) mass is 471 g/mol. The minimum Gasteiger partial charge on any atom is -0.493 e. The molecule has 0 aliphatic rings. The fourth-order valence-corrected chi connectivity index (χ4v) is 4.45. The Hall–Kier alpha value is -3.44. The average Bonchev–Trinajstić information content (AvgIpc) is 2.83. The predicted molar refractivity (Wildman–Crippen MR) is 135 cm³/mol. The van der Waals surface area contributed by atoms with Crippen molar-refractivity contribution in [2.75, 3.05) is 0 Å². The summed E-state index contributed by atoms with van der Waals surface area (Å²) in [6.07, 6.45) is 1.59. The maximum absolute atomic E-state index is 10.6. The Morgan fingerprint density at radius 2 is 1.45 bits per heavy atom. The highest BCUT2D eigenvalue weighted by Crippen LogP contribution is 2.39. The number of nitrogens with zero attached hydrogens (tertiary/aromatic N) is 2. The van der Waals surface area contributed by atoms with Gasteiger partial charge in [0.15, 0.2) is 0 Å². The lowest BCUT2D eigenvalue weighted by atomic mass is 9.95. The molecule has 0 fully saturated rings. The van der Waals surface area contributed by atoms with Gasteiger partial charge in [-0.1, -0.05) is 77.8 Å². The first kappa shape index (κ1) is 21.4. The fourth-order valence-electron chi connectivity index (χ4n) is 3.92. The molecule has 5 aromatic rings. The molecular weight excluding hydrogens is 453 g/mol. The number of hydrogen-bond acceptors (Lipinski definition) is 4. The third kappa shape index (κ3) is 4.16. The van der Waals surface area contributed by atoms with E-state index in [1.807, 2.05) is 72.8 Å². The molecule has 0 bridgehead atoms. The molecule has 0 aliphatic carbocycles. The van der Waals surface area contributed by atoms with Crippen molar-refractivity contribution >= 4 is 34.1 Å². The Morgan fingerprint density at radius 1 is 0.758 bits per heavy atom. The summed E-state index contributed by atoms with van der Waals surface area (Å²) in [5.74, 6) is -0.0865. The van der Waals surface area contributed by atoms with Gasteiger partial charge in [0.25, 0.3) is 0 Å². The highest BCUT2D eigenvalue weighted by Gasteiger charge is 2.17. The van der Waals surface area contributed by atoms with Gasteiger partial charge in [0, 0.05) is 39.5 Å². The van der Waals surface area contributed by atoms with Crippen molar-refractivity contribution in [2.45, 2.75) is 6.54 Å². The number of pyridine rings is 2. The van der Waals surface area contributed by atoms with Gasteiger partial charge in [-0.3, -0.25) is 0 Å². The van der Waals surface area contributed by atoms with Gasteiger partial charge in [-0.05, 0) is 41.0 Å². The number of rotatable bonds is 4. The average molecular weight is 472 g/mol. The van der Waals surface area contributed by atoms with Crippen molar-refractivity contribution in [3.8, 4) is 39.4 Å². The van der Waals surface area contributed by atoms with Crippen molar-refractivity contribution in [2.24, 2.45) is 5.73 Å². The van der Waals surface area contributed by atoms with Gasteiger partial charge in [-0.2, -0.15) is 0 Å². The highest BCUT2D eigenvalue weighted by molar-refractivity contribution is 6.35. The van der Waals surface area contributed by atoms with Crippen LogP contribution in [0.2, 0.25) is 10.0 Å². The summed E-state index contributed by atoms with van der Waals surface area (Å²) in [5, 5.41) is 12.2. The second-order valence-corrected chi connectivity index (χ2v) is 8.57. The molecule has 2 heterocycles. The second-order valence-electron chi connectivity index (χ2n) is 7.70. The Bertz CT molecular complexity index is 1450. The maximum Gasteiger partial charge on any atom is 0.220 e. The van der Waals surface area contributed by atoms with E-state index in [0.29, 0.717) is 27.5 Å². The van der Waals surface area contributed by atoms with E-state index in [-0.39, 0.29) is 5.88 Å². The number of hydrogen-bond donors (Lipinski definition) is 2. The minimum absolute atomic E-state index is 0.0865. The van der Waals surface area contributed by atoms with E-state index in [4.69, 9.17) is 33.9 Å². The van der Waals surface area contributed by atoms with Crippen LogP contribution in [0, 0.1) is 0 Å². The molecule has 0 saturated heterocycles. The number of nitrogens with two attached hydrogens (primary N) is 1. The van der Waals surface area contributed by atoms with Crippen LogP contribution >= 0.6 is 23.2 Å². The van der Waals surface area contributed by atoms with Crippen LogP contribution < -0.4 is 5.73 Å². The molecule has 5 rings (SSSR count). The number of fused-ring (bicyclic) bond motifs is 1. The molecule has 2 aromatic heterocycles. The zero-order valence-corrected chi connectivity index (χ0v) is 19.0. The summed E-state index contributed by atoms with van der Waals surface area (Å²) in [6, 6.07) is 25.2. The maximum atomic E-state index is 10.6. The van der Waals surface area contributed by atoms with Gasteiger partial charge in [0.1, 0.15) is 0 Å². The molecule has 0 spiro atoms. The van der Waals surface area contributed by atoms with E-state index in [0.717, 1.165) is 39.1 Å². The quantitative estimate of drug-likeness (QED) is 0.293. The van der Waals surface area contributed by atoms with Crippen LogP contribution in [-0.4, -0.2) is 15.1 Å². The number of aromatic hydroxyl groups is 1. The van der Waals surface area contributed by atoms with Crippen molar-refractivity contribution in [3.05, 3.63) is 101 Å². The molecule has 3 N–H and O–H groups in total. The third-order valence-corrected chi connectivity index (χ3v) is 5.99. The number of halogens is 2. The molecule has 33 heavy (non-hydrogen) atoms. The first-order chi connectivity index (χ1) is 16.0. The van der Waals surface area contributed by atoms with E-state index in [2.05, 4.69) is 4.98 Å². The topological polar surface area (TPSA) is 72.0 Å². The van der Waals surface area contributed by atoms with Gasteiger partial charge >= 0.3 is 0 Å². The lowest BCUT2D eigenvalue weighted by Crippen LogP contribution is -1.97. The Balaban J connectivity index is 1.84. The van der Waals surface area contributed by atoms with Crippen LogP contribution in [0.3, 0.4) is 0 Å². The Morgan fingerprint density at radius 3 is 2.12 bits per heavy atom. The van der Waals surface area contributed by atoms with Crippen LogP contribution in [0.1, 0.15) is 5.56 Å². The molecule has 4 nitrogen and oxygen atoms in total. The standard InChI is InChI=1S/C27H19Cl2N3O/c28-20-10-19(11-21(29)12-20)24-15-31-27(33)23-13-22(17-4-2-1-3-5-17)25(32-26(23)24)18-8-6-16(14-30)7-9-18/h1-13,15H,14,30H2,(H,31,33). The zero-order chi connectivity index (χ0) is 22.9. The van der Waals surface area contributed by atoms with Crippen LogP contribution in [-0.2, 0) is 6.54 Å². The molecule has 0 atom stereocenters. The summed E-state index contributed by atoms with van der Waals surface area (Å²) in [4.78, 5) is 9.27. The summed E-state index contributed by atoms with van der Waals surface area (Å²) >= 11 is 12.5. The zero-order valence-electron chi connectivity index (χ0n) is 17.5. The predicted octanol–water partition coefficient (Wildman–Crippen LogP) is 7.10. The molecule has 0 amide bonds. The first-order valence-electron chi connectivity index (χ1n) is 10.4. The lowest BCUT2D eigenvalue weighted by molar-refractivity contribution is 0.460. The minimum atomic E-state index is -0.0865. The normalized spacial score (nSPS) is 11.1. The summed E-state index contributed by atoms with van der Waals surface area (Å²) in [5.41, 5.74) is 12.5. The molecule has 0 saturated carbocycles. The van der Waals surface area contributed by atoms with Gasteiger partial charge in [0.2, 0.25) is 5.88 Å². The lowest BCUT2D eigenvalue weighted by Gasteiger charge is -2.15. The number of benzene rings is 3. The van der Waals surface area contributed by atoms with Gasteiger partial charge in [0.05, 0.1) is 16.6 Å². The van der Waals surface area contributed by atoms with Crippen molar-refractivity contribution in [3.63, 3.8) is 0 Å². The van der Waals surface area contributed by atoms with E-state index in [1.165, 1.54) is 0 Å². The Kier molecular flexibility index (Phi) is 5.73. The Labute approximate surface area is 201 Å². The third-order valence-electron chi connectivity index (χ3n) is 5.56. The summed E-state index contributed by atoms with van der Waals surface area (Å²) in [7, 11) is 0. The summed E-state index contributed by atoms with van der Waals surface area (Å²) < 4.78 is 0. The van der Waals surface area contributed by atoms with E-state index < -0.39 is 0 Å². The molecule has 0 unspecified atom stereocenters. The van der Waals surface area contributed by atoms with E-state index in [9.17, 15) is 5.11 Å². The van der Waals surface area contributed by atoms with Crippen molar-refractivity contribution < 1.29 is 5.11 Å². The number of aromatic nitrogens is 2. The van der Waals surface area contributed by atoms with Crippen LogP contribution in [0.25, 0.3) is 44.4 Å². The first-order valence-corrected chi connectivity index (χ1v) is 11.1. The fraction of sp³-hybridized carbons (Fsp3) is 0.0370. The molecule has 3 aromatic carbocycles. The van der Waals surface area contributed by atoms with Gasteiger partial charge < -0.3 is 10.8 Å². The second kappa shape index (κ2) is 8.83. The molecule has 0 aliphatic heterocycles. The van der Waals surface area contributed by atoms with Crippen molar-refractivity contribution in [1.82, 2.24) is 9.97 Å². The molecule has 0 radical (unpaired) electrons. The molecule has 162 valence electrons. The SMILES string of the molecule is NCc1ccc(-c2nc3c(-c4cc(Cl)cc(Cl)c4)cnc(O)c3cc2-c2ccccc2)cc1. The highest BCUT2D eigenvalue weighted by atomic mass is 35.5. The van der Waals surface area contributed by atoms with Gasteiger partial charge in [-0.15, -0.1) is 0 Å². The molecule has 6 heteroatoms. The van der Waals surface area contributed by atoms with E-state index in [1.54, 1.807) is 12.3 Å². The van der Waals surface area contributed by atoms with Crippen molar-refractivity contribution in [1.29, 1.82) is 0 Å². The summed E-state index contributed by atoms with van der Waals surface area (Å²) in [6.45, 7) is 0.468. The van der Waals surface area contributed by atoms with Gasteiger partial charge in [-0.25, -0.2) is 9.97 Å².